The molecule has 0 aliphatic carbocycles. The Morgan fingerprint density at radius 2 is 2.06 bits per heavy atom. The van der Waals surface area contributed by atoms with Gasteiger partial charge in [-0.25, -0.2) is 0 Å². The number of anilines is 1. The average molecular weight is 218 g/mol. The fourth-order valence-corrected chi connectivity index (χ4v) is 2.24. The van der Waals surface area contributed by atoms with Crippen LogP contribution in [0.2, 0.25) is 0 Å². The van der Waals surface area contributed by atoms with Crippen LogP contribution < -0.4 is 11.1 Å². The number of amides is 1. The van der Waals surface area contributed by atoms with Crippen molar-refractivity contribution < 1.29 is 4.79 Å². The Kier molecular flexibility index (Phi) is 2.97. The van der Waals surface area contributed by atoms with E-state index in [0.717, 1.165) is 36.9 Å². The lowest BCUT2D eigenvalue weighted by atomic mass is 9.87. The normalized spacial score (nSPS) is 23.0. The summed E-state index contributed by atoms with van der Waals surface area (Å²) < 4.78 is 0. The summed E-state index contributed by atoms with van der Waals surface area (Å²) in [7, 11) is 0. The first-order valence-electron chi connectivity index (χ1n) is 5.88. The molecular weight excluding hydrogens is 200 g/mol. The Bertz CT molecular complexity index is 403. The maximum Gasteiger partial charge on any atom is 0.249 e. The van der Waals surface area contributed by atoms with Crippen molar-refractivity contribution in [3.63, 3.8) is 0 Å². The molecule has 1 aromatic rings. The zero-order valence-electron chi connectivity index (χ0n) is 9.62. The maximum atomic E-state index is 11.9. The molecule has 3 N–H and O–H groups in total. The second-order valence-corrected chi connectivity index (χ2v) is 4.43. The van der Waals surface area contributed by atoms with Crippen molar-refractivity contribution >= 4 is 11.6 Å². The van der Waals surface area contributed by atoms with E-state index in [-0.39, 0.29) is 5.91 Å². The van der Waals surface area contributed by atoms with Crippen LogP contribution in [0.25, 0.3) is 0 Å². The number of fused-ring (bicyclic) bond motifs is 1. The monoisotopic (exact) mass is 218 g/mol. The van der Waals surface area contributed by atoms with Crippen LogP contribution in [-0.2, 0) is 10.3 Å². The Labute approximate surface area is 96.0 Å². The summed E-state index contributed by atoms with van der Waals surface area (Å²) in [5, 5.41) is 2.85. The Hall–Kier alpha value is -1.35. The molecule has 0 bridgehead atoms. The van der Waals surface area contributed by atoms with E-state index in [0.29, 0.717) is 0 Å². The second-order valence-electron chi connectivity index (χ2n) is 4.43. The summed E-state index contributed by atoms with van der Waals surface area (Å²) >= 11 is 0. The van der Waals surface area contributed by atoms with Gasteiger partial charge < -0.3 is 11.1 Å². The number of hydrogen-bond acceptors (Lipinski definition) is 2. The van der Waals surface area contributed by atoms with Crippen molar-refractivity contribution in [2.75, 3.05) is 5.32 Å². The largest absolute Gasteiger partial charge is 0.324 e. The van der Waals surface area contributed by atoms with E-state index in [1.54, 1.807) is 0 Å². The van der Waals surface area contributed by atoms with Crippen LogP contribution in [-0.4, -0.2) is 5.91 Å². The standard InChI is InChI=1S/C13H18N2O/c1-2-3-6-9-13(14)10-7-4-5-8-11(10)15-12(13)16/h4-5,7-8H,2-3,6,9,14H2,1H3,(H,15,16). The van der Waals surface area contributed by atoms with Gasteiger partial charge in [-0.15, -0.1) is 0 Å². The summed E-state index contributed by atoms with van der Waals surface area (Å²) in [6, 6.07) is 7.69. The number of carbonyl (C=O) groups excluding carboxylic acids is 1. The van der Waals surface area contributed by atoms with Gasteiger partial charge in [-0.2, -0.15) is 0 Å². The minimum atomic E-state index is -0.814. The molecule has 1 aromatic carbocycles. The molecule has 1 amide bonds. The molecule has 1 atom stereocenters. The minimum Gasteiger partial charge on any atom is -0.324 e. The molecule has 0 spiro atoms. The molecule has 1 aliphatic rings. The second kappa shape index (κ2) is 4.26. The van der Waals surface area contributed by atoms with Crippen LogP contribution in [0.5, 0.6) is 0 Å². The molecule has 0 saturated carbocycles. The summed E-state index contributed by atoms with van der Waals surface area (Å²) in [5.74, 6) is -0.0650. The number of unbranched alkanes of at least 4 members (excludes halogenated alkanes) is 2. The Morgan fingerprint density at radius 3 is 2.81 bits per heavy atom. The first-order chi connectivity index (χ1) is 7.68. The van der Waals surface area contributed by atoms with E-state index in [2.05, 4.69) is 12.2 Å². The highest BCUT2D eigenvalue weighted by atomic mass is 16.2. The van der Waals surface area contributed by atoms with Crippen LogP contribution >= 0.6 is 0 Å². The van der Waals surface area contributed by atoms with E-state index < -0.39 is 5.54 Å². The van der Waals surface area contributed by atoms with E-state index >= 15 is 0 Å². The highest BCUT2D eigenvalue weighted by Gasteiger charge is 2.42. The van der Waals surface area contributed by atoms with Gasteiger partial charge in [0.05, 0.1) is 0 Å². The van der Waals surface area contributed by atoms with Gasteiger partial charge in [0.25, 0.3) is 0 Å². The molecule has 1 heterocycles. The van der Waals surface area contributed by atoms with Crippen LogP contribution in [0.1, 0.15) is 38.2 Å². The molecule has 0 aromatic heterocycles. The summed E-state index contributed by atoms with van der Waals surface area (Å²) in [4.78, 5) is 11.9. The SMILES string of the molecule is CCCCCC1(N)C(=O)Nc2ccccc21. The number of nitrogens with one attached hydrogen (secondary N) is 1. The van der Waals surface area contributed by atoms with Gasteiger partial charge in [-0.1, -0.05) is 44.4 Å². The van der Waals surface area contributed by atoms with Gasteiger partial charge in [0, 0.05) is 11.3 Å². The average Bonchev–Trinajstić information content (AvgIpc) is 2.53. The van der Waals surface area contributed by atoms with Crippen molar-refractivity contribution in [3.8, 4) is 0 Å². The van der Waals surface area contributed by atoms with Crippen molar-refractivity contribution in [3.05, 3.63) is 29.8 Å². The number of carbonyl (C=O) groups is 1. The molecule has 0 radical (unpaired) electrons. The maximum absolute atomic E-state index is 11.9. The molecule has 86 valence electrons. The molecule has 1 aliphatic heterocycles. The molecule has 2 rings (SSSR count). The molecular formula is C13H18N2O. The van der Waals surface area contributed by atoms with Gasteiger partial charge in [-0.05, 0) is 12.5 Å². The smallest absolute Gasteiger partial charge is 0.249 e. The van der Waals surface area contributed by atoms with Crippen molar-refractivity contribution in [1.29, 1.82) is 0 Å². The van der Waals surface area contributed by atoms with Crippen molar-refractivity contribution in [2.45, 2.75) is 38.1 Å². The van der Waals surface area contributed by atoms with E-state index in [1.807, 2.05) is 24.3 Å². The third kappa shape index (κ3) is 1.71. The van der Waals surface area contributed by atoms with Crippen LogP contribution in [0.4, 0.5) is 5.69 Å². The fourth-order valence-electron chi connectivity index (χ4n) is 2.24. The van der Waals surface area contributed by atoms with E-state index in [4.69, 9.17) is 5.73 Å². The van der Waals surface area contributed by atoms with Gasteiger partial charge in [0.2, 0.25) is 5.91 Å². The summed E-state index contributed by atoms with van der Waals surface area (Å²) in [6.45, 7) is 2.14. The highest BCUT2D eigenvalue weighted by molar-refractivity contribution is 6.05. The molecule has 0 saturated heterocycles. The summed E-state index contributed by atoms with van der Waals surface area (Å²) in [5.41, 5.74) is 7.24. The Balaban J connectivity index is 2.23. The van der Waals surface area contributed by atoms with E-state index in [1.165, 1.54) is 0 Å². The lowest BCUT2D eigenvalue weighted by Crippen LogP contribution is -2.43. The number of rotatable bonds is 4. The van der Waals surface area contributed by atoms with Gasteiger partial charge in [-0.3, -0.25) is 4.79 Å². The number of para-hydroxylation sites is 1. The third-order valence-electron chi connectivity index (χ3n) is 3.24. The Morgan fingerprint density at radius 1 is 1.31 bits per heavy atom. The van der Waals surface area contributed by atoms with Crippen molar-refractivity contribution in [2.24, 2.45) is 5.73 Å². The lowest BCUT2D eigenvalue weighted by Gasteiger charge is -2.21. The van der Waals surface area contributed by atoms with Gasteiger partial charge in [0.15, 0.2) is 0 Å². The topological polar surface area (TPSA) is 55.1 Å². The highest BCUT2D eigenvalue weighted by Crippen LogP contribution is 2.37. The van der Waals surface area contributed by atoms with Gasteiger partial charge in [0.1, 0.15) is 5.54 Å². The summed E-state index contributed by atoms with van der Waals surface area (Å²) in [6.07, 6.45) is 3.98. The molecule has 1 unspecified atom stereocenters. The zero-order chi connectivity index (χ0) is 11.6. The predicted molar refractivity (Wildman–Crippen MR) is 65.1 cm³/mol. The van der Waals surface area contributed by atoms with Crippen LogP contribution in [0.3, 0.4) is 0 Å². The van der Waals surface area contributed by atoms with Crippen molar-refractivity contribution in [1.82, 2.24) is 0 Å². The predicted octanol–water partition coefficient (Wildman–Crippen LogP) is 2.37. The minimum absolute atomic E-state index is 0.0650. The molecule has 0 fully saturated rings. The quantitative estimate of drug-likeness (QED) is 0.762. The van der Waals surface area contributed by atoms with Gasteiger partial charge >= 0.3 is 0 Å². The number of nitrogens with two attached hydrogens (primary N) is 1. The molecule has 16 heavy (non-hydrogen) atoms. The zero-order valence-corrected chi connectivity index (χ0v) is 9.62. The first kappa shape index (κ1) is 11.1. The molecule has 3 heteroatoms. The lowest BCUT2D eigenvalue weighted by molar-refractivity contribution is -0.121. The first-order valence-corrected chi connectivity index (χ1v) is 5.88. The number of hydrogen-bond donors (Lipinski definition) is 2. The van der Waals surface area contributed by atoms with Crippen LogP contribution in [0, 0.1) is 0 Å². The molecule has 3 nitrogen and oxygen atoms in total. The van der Waals surface area contributed by atoms with E-state index in [9.17, 15) is 4.79 Å². The number of benzene rings is 1. The fraction of sp³-hybridized carbons (Fsp3) is 0.462. The van der Waals surface area contributed by atoms with Crippen LogP contribution in [0.15, 0.2) is 24.3 Å². The third-order valence-corrected chi connectivity index (χ3v) is 3.24.